The Morgan fingerprint density at radius 2 is 1.63 bits per heavy atom. The van der Waals surface area contributed by atoms with Gasteiger partial charge in [0.2, 0.25) is 0 Å². The van der Waals surface area contributed by atoms with E-state index in [-0.39, 0.29) is 17.8 Å². The molecular weight excluding hydrogens is 256 g/mol. The summed E-state index contributed by atoms with van der Waals surface area (Å²) >= 11 is 0. The van der Waals surface area contributed by atoms with Crippen LogP contribution < -0.4 is 0 Å². The molecule has 19 heavy (non-hydrogen) atoms. The number of hydrogen-bond donors (Lipinski definition) is 0. The van der Waals surface area contributed by atoms with Gasteiger partial charge in [-0.05, 0) is 42.2 Å². The lowest BCUT2D eigenvalue weighted by molar-refractivity contribution is -0.138. The van der Waals surface area contributed by atoms with Gasteiger partial charge >= 0.3 is 6.18 Å². The van der Waals surface area contributed by atoms with E-state index in [0.29, 0.717) is 6.42 Å². The van der Waals surface area contributed by atoms with Gasteiger partial charge in [0.25, 0.3) is 0 Å². The van der Waals surface area contributed by atoms with Crippen LogP contribution in [-0.2, 0) is 19.0 Å². The average Bonchev–Trinajstić information content (AvgIpc) is 2.37. The molecule has 2 rings (SSSR count). The van der Waals surface area contributed by atoms with Crippen molar-refractivity contribution >= 4 is 0 Å². The van der Waals surface area contributed by atoms with E-state index in [1.807, 2.05) is 0 Å². The summed E-state index contributed by atoms with van der Waals surface area (Å²) in [5, 5.41) is 0. The van der Waals surface area contributed by atoms with Crippen molar-refractivity contribution < 1.29 is 17.6 Å². The first-order valence-electron chi connectivity index (χ1n) is 5.78. The smallest absolute Gasteiger partial charge is 0.207 e. The molecule has 0 saturated carbocycles. The Balaban J connectivity index is 2.14. The Morgan fingerprint density at radius 1 is 0.947 bits per heavy atom. The standard InChI is InChI=1S/C15H11F4/c16-13-9-6-11(7-10-13)5-8-12-3-1-2-4-14(12)15(17,18)19/h1-3,6-7,9-10H,5,8H2. The average molecular weight is 267 g/mol. The molecule has 2 aromatic carbocycles. The Labute approximate surface area is 108 Å². The molecule has 4 heteroatoms. The Morgan fingerprint density at radius 3 is 2.26 bits per heavy atom. The third-order valence-corrected chi connectivity index (χ3v) is 2.82. The van der Waals surface area contributed by atoms with E-state index >= 15 is 0 Å². The van der Waals surface area contributed by atoms with Gasteiger partial charge < -0.3 is 0 Å². The van der Waals surface area contributed by atoms with Crippen molar-refractivity contribution in [3.05, 3.63) is 71.0 Å². The Kier molecular flexibility index (Phi) is 3.88. The van der Waals surface area contributed by atoms with Crippen molar-refractivity contribution in [1.82, 2.24) is 0 Å². The summed E-state index contributed by atoms with van der Waals surface area (Å²) in [7, 11) is 0. The maximum atomic E-state index is 12.7. The topological polar surface area (TPSA) is 0 Å². The summed E-state index contributed by atoms with van der Waals surface area (Å²) in [6, 6.07) is 12.2. The molecule has 0 unspecified atom stereocenters. The van der Waals surface area contributed by atoms with Crippen molar-refractivity contribution in [2.45, 2.75) is 19.0 Å². The van der Waals surface area contributed by atoms with Crippen molar-refractivity contribution in [3.8, 4) is 0 Å². The Hall–Kier alpha value is -1.84. The maximum absolute atomic E-state index is 12.7. The summed E-state index contributed by atoms with van der Waals surface area (Å²) < 4.78 is 51.0. The van der Waals surface area contributed by atoms with Crippen LogP contribution in [0.5, 0.6) is 0 Å². The molecule has 0 aromatic heterocycles. The first-order valence-corrected chi connectivity index (χ1v) is 5.78. The van der Waals surface area contributed by atoms with Crippen LogP contribution in [0.15, 0.2) is 42.5 Å². The highest BCUT2D eigenvalue weighted by Crippen LogP contribution is 2.31. The normalized spacial score (nSPS) is 11.6. The lowest BCUT2D eigenvalue weighted by atomic mass is 9.99. The fraction of sp³-hybridized carbons (Fsp3) is 0.200. The molecule has 0 amide bonds. The van der Waals surface area contributed by atoms with E-state index in [1.165, 1.54) is 30.3 Å². The molecular formula is C15H11F4. The van der Waals surface area contributed by atoms with Crippen LogP contribution >= 0.6 is 0 Å². The van der Waals surface area contributed by atoms with Crippen LogP contribution in [0.1, 0.15) is 16.7 Å². The quantitative estimate of drug-likeness (QED) is 0.722. The minimum atomic E-state index is -4.39. The number of halogens is 4. The minimum Gasteiger partial charge on any atom is -0.207 e. The second kappa shape index (κ2) is 5.43. The highest BCUT2D eigenvalue weighted by molar-refractivity contribution is 5.30. The van der Waals surface area contributed by atoms with Gasteiger partial charge in [0.1, 0.15) is 5.82 Å². The van der Waals surface area contributed by atoms with E-state index < -0.39 is 11.7 Å². The highest BCUT2D eigenvalue weighted by atomic mass is 19.4. The van der Waals surface area contributed by atoms with Crippen LogP contribution in [0.25, 0.3) is 0 Å². The first-order chi connectivity index (χ1) is 8.97. The fourth-order valence-corrected chi connectivity index (χ4v) is 1.87. The molecule has 0 spiro atoms. The Bertz CT molecular complexity index is 541. The molecule has 0 aliphatic rings. The zero-order valence-electron chi connectivity index (χ0n) is 9.97. The van der Waals surface area contributed by atoms with Gasteiger partial charge in [0.05, 0.1) is 5.56 Å². The van der Waals surface area contributed by atoms with Crippen LogP contribution in [0.3, 0.4) is 0 Å². The molecule has 0 bridgehead atoms. The molecule has 0 nitrogen and oxygen atoms in total. The zero-order valence-corrected chi connectivity index (χ0v) is 9.97. The predicted molar refractivity (Wildman–Crippen MR) is 64.1 cm³/mol. The second-order valence-electron chi connectivity index (χ2n) is 4.19. The van der Waals surface area contributed by atoms with Crippen LogP contribution in [-0.4, -0.2) is 0 Å². The molecule has 0 aliphatic carbocycles. The monoisotopic (exact) mass is 267 g/mol. The van der Waals surface area contributed by atoms with Crippen molar-refractivity contribution in [3.63, 3.8) is 0 Å². The minimum absolute atomic E-state index is 0.208. The summed E-state index contributed by atoms with van der Waals surface area (Å²) in [5.41, 5.74) is 0.287. The van der Waals surface area contributed by atoms with Crippen molar-refractivity contribution in [2.75, 3.05) is 0 Å². The number of rotatable bonds is 3. The molecule has 99 valence electrons. The van der Waals surface area contributed by atoms with Gasteiger partial charge in [-0.15, -0.1) is 0 Å². The molecule has 0 saturated heterocycles. The van der Waals surface area contributed by atoms with E-state index in [2.05, 4.69) is 6.07 Å². The number of benzene rings is 2. The van der Waals surface area contributed by atoms with Gasteiger partial charge in [-0.1, -0.05) is 30.3 Å². The van der Waals surface area contributed by atoms with E-state index in [4.69, 9.17) is 0 Å². The van der Waals surface area contributed by atoms with Crippen LogP contribution in [0, 0.1) is 11.9 Å². The number of hydrogen-bond acceptors (Lipinski definition) is 0. The molecule has 1 radical (unpaired) electrons. The van der Waals surface area contributed by atoms with Crippen LogP contribution in [0.2, 0.25) is 0 Å². The first kappa shape index (κ1) is 13.6. The van der Waals surface area contributed by atoms with Crippen molar-refractivity contribution in [2.24, 2.45) is 0 Å². The predicted octanol–water partition coefficient (Wildman–Crippen LogP) is 4.43. The summed E-state index contributed by atoms with van der Waals surface area (Å²) in [6.45, 7) is 0. The second-order valence-corrected chi connectivity index (χ2v) is 4.19. The van der Waals surface area contributed by atoms with E-state index in [0.717, 1.165) is 5.56 Å². The van der Waals surface area contributed by atoms with Gasteiger partial charge in [0.15, 0.2) is 0 Å². The van der Waals surface area contributed by atoms with E-state index in [1.54, 1.807) is 12.1 Å². The van der Waals surface area contributed by atoms with Crippen molar-refractivity contribution in [1.29, 1.82) is 0 Å². The van der Waals surface area contributed by atoms with Gasteiger partial charge in [-0.2, -0.15) is 13.2 Å². The largest absolute Gasteiger partial charge is 0.417 e. The molecule has 0 N–H and O–H groups in total. The highest BCUT2D eigenvalue weighted by Gasteiger charge is 2.32. The maximum Gasteiger partial charge on any atom is 0.417 e. The molecule has 0 fully saturated rings. The molecule has 0 atom stereocenters. The lowest BCUT2D eigenvalue weighted by Gasteiger charge is -2.12. The van der Waals surface area contributed by atoms with Gasteiger partial charge in [-0.3, -0.25) is 0 Å². The lowest BCUT2D eigenvalue weighted by Crippen LogP contribution is -2.09. The molecule has 0 heterocycles. The van der Waals surface area contributed by atoms with Gasteiger partial charge in [-0.25, -0.2) is 4.39 Å². The summed E-state index contributed by atoms with van der Waals surface area (Å²) in [4.78, 5) is 0. The zero-order chi connectivity index (χ0) is 13.9. The number of alkyl halides is 3. The number of aryl methyl sites for hydroxylation is 2. The fourth-order valence-electron chi connectivity index (χ4n) is 1.87. The summed E-state index contributed by atoms with van der Waals surface area (Å²) in [6.07, 6.45) is -3.71. The third kappa shape index (κ3) is 3.56. The van der Waals surface area contributed by atoms with Crippen LogP contribution in [0.4, 0.5) is 17.6 Å². The SMILES string of the molecule is Fc1ccc(CCc2ccc[c]c2C(F)(F)F)cc1. The molecule has 0 aliphatic heterocycles. The molecule has 2 aromatic rings. The summed E-state index contributed by atoms with van der Waals surface area (Å²) in [5.74, 6) is -0.354. The van der Waals surface area contributed by atoms with Gasteiger partial charge in [0, 0.05) is 0 Å². The van der Waals surface area contributed by atoms with E-state index in [9.17, 15) is 17.6 Å². The third-order valence-electron chi connectivity index (χ3n) is 2.82.